The summed E-state index contributed by atoms with van der Waals surface area (Å²) in [5, 5.41) is 5.67. The molecule has 4 heteroatoms. The van der Waals surface area contributed by atoms with E-state index in [4.69, 9.17) is 0 Å². The summed E-state index contributed by atoms with van der Waals surface area (Å²) < 4.78 is 0. The molecule has 0 aliphatic carbocycles. The smallest absolute Gasteiger partial charge is 0.233 e. The molecule has 1 aromatic heterocycles. The minimum atomic E-state index is -0.00842. The summed E-state index contributed by atoms with van der Waals surface area (Å²) in [5.74, 6) is -0.00842. The average Bonchev–Trinajstić information content (AvgIpc) is 2.26. The second-order valence-corrected chi connectivity index (χ2v) is 3.06. The zero-order chi connectivity index (χ0) is 10.4. The van der Waals surface area contributed by atoms with Gasteiger partial charge in [0.2, 0.25) is 5.91 Å². The summed E-state index contributed by atoms with van der Waals surface area (Å²) in [6, 6.07) is 4.03. The molecule has 14 heavy (non-hydrogen) atoms. The first-order valence-corrected chi connectivity index (χ1v) is 4.58. The van der Waals surface area contributed by atoms with Crippen LogP contribution >= 0.6 is 0 Å². The lowest BCUT2D eigenvalue weighted by Crippen LogP contribution is -2.32. The minimum Gasteiger partial charge on any atom is -0.358 e. The molecule has 0 bridgehead atoms. The lowest BCUT2D eigenvalue weighted by molar-refractivity contribution is -0.119. The molecule has 1 atom stereocenters. The first-order chi connectivity index (χ1) is 6.74. The molecule has 0 spiro atoms. The summed E-state index contributed by atoms with van der Waals surface area (Å²) in [6.07, 6.45) is 3.49. The fourth-order valence-corrected chi connectivity index (χ4v) is 1.10. The van der Waals surface area contributed by atoms with Crippen LogP contribution in [0.4, 0.5) is 0 Å². The molecular weight excluding hydrogens is 178 g/mol. The third kappa shape index (κ3) is 3.14. The van der Waals surface area contributed by atoms with E-state index in [0.29, 0.717) is 6.54 Å². The number of nitrogens with one attached hydrogen (secondary N) is 2. The molecule has 0 unspecified atom stereocenters. The Kier molecular flexibility index (Phi) is 4.07. The van der Waals surface area contributed by atoms with Crippen LogP contribution < -0.4 is 10.6 Å². The van der Waals surface area contributed by atoms with Crippen molar-refractivity contribution in [3.63, 3.8) is 0 Å². The van der Waals surface area contributed by atoms with Crippen LogP contribution in [0.3, 0.4) is 0 Å². The lowest BCUT2D eigenvalue weighted by atomic mass is 10.1. The predicted octanol–water partition coefficient (Wildman–Crippen LogP) is 0.478. The second kappa shape index (κ2) is 5.34. The van der Waals surface area contributed by atoms with E-state index in [2.05, 4.69) is 15.6 Å². The topological polar surface area (TPSA) is 54.0 Å². The maximum Gasteiger partial charge on any atom is 0.233 e. The van der Waals surface area contributed by atoms with Crippen LogP contribution in [0.5, 0.6) is 0 Å². The highest BCUT2D eigenvalue weighted by molar-refractivity contribution is 5.77. The van der Waals surface area contributed by atoms with Crippen molar-refractivity contribution in [2.24, 2.45) is 0 Å². The van der Waals surface area contributed by atoms with E-state index in [9.17, 15) is 4.79 Å². The third-order valence-corrected chi connectivity index (χ3v) is 2.05. The van der Waals surface area contributed by atoms with Gasteiger partial charge in [-0.2, -0.15) is 0 Å². The van der Waals surface area contributed by atoms with Gasteiger partial charge in [-0.25, -0.2) is 0 Å². The Morgan fingerprint density at radius 3 is 2.71 bits per heavy atom. The van der Waals surface area contributed by atoms with E-state index in [1.165, 1.54) is 0 Å². The maximum absolute atomic E-state index is 11.0. The number of pyridine rings is 1. The molecule has 76 valence electrons. The number of nitrogens with zero attached hydrogens (tertiary/aromatic N) is 1. The van der Waals surface area contributed by atoms with Crippen LogP contribution in [0.2, 0.25) is 0 Å². The van der Waals surface area contributed by atoms with Crippen molar-refractivity contribution < 1.29 is 4.79 Å². The molecule has 1 aromatic rings. The first kappa shape index (κ1) is 10.7. The Hall–Kier alpha value is -1.42. The van der Waals surface area contributed by atoms with Crippen LogP contribution in [0.25, 0.3) is 0 Å². The molecule has 1 rings (SSSR count). The van der Waals surface area contributed by atoms with E-state index in [1.54, 1.807) is 19.4 Å². The van der Waals surface area contributed by atoms with Crippen LogP contribution in [0.1, 0.15) is 18.5 Å². The quantitative estimate of drug-likeness (QED) is 0.731. The number of carbonyl (C=O) groups is 1. The van der Waals surface area contributed by atoms with E-state index in [-0.39, 0.29) is 11.9 Å². The molecule has 0 fully saturated rings. The molecule has 0 saturated heterocycles. The standard InChI is InChI=1S/C10H15N3O/c1-8(13-7-10(14)11-2)9-3-5-12-6-4-9/h3-6,8,13H,7H2,1-2H3,(H,11,14)/t8-/m0/s1. The van der Waals surface area contributed by atoms with Gasteiger partial charge in [0, 0.05) is 25.5 Å². The van der Waals surface area contributed by atoms with Crippen molar-refractivity contribution in [1.82, 2.24) is 15.6 Å². The van der Waals surface area contributed by atoms with E-state index in [0.717, 1.165) is 5.56 Å². The lowest BCUT2D eigenvalue weighted by Gasteiger charge is -2.12. The van der Waals surface area contributed by atoms with Crippen LogP contribution in [0.15, 0.2) is 24.5 Å². The fourth-order valence-electron chi connectivity index (χ4n) is 1.10. The highest BCUT2D eigenvalue weighted by Gasteiger charge is 2.05. The maximum atomic E-state index is 11.0. The van der Waals surface area contributed by atoms with Crippen LogP contribution in [-0.4, -0.2) is 24.5 Å². The number of carbonyl (C=O) groups excluding carboxylic acids is 1. The monoisotopic (exact) mass is 193 g/mol. The second-order valence-electron chi connectivity index (χ2n) is 3.06. The van der Waals surface area contributed by atoms with Gasteiger partial charge in [-0.05, 0) is 24.6 Å². The number of rotatable bonds is 4. The highest BCUT2D eigenvalue weighted by atomic mass is 16.1. The summed E-state index contributed by atoms with van der Waals surface area (Å²) in [7, 11) is 1.63. The average molecular weight is 193 g/mol. The van der Waals surface area contributed by atoms with Gasteiger partial charge in [0.15, 0.2) is 0 Å². The molecule has 0 radical (unpaired) electrons. The Morgan fingerprint density at radius 1 is 1.50 bits per heavy atom. The molecule has 0 aromatic carbocycles. The van der Waals surface area contributed by atoms with Crippen molar-refractivity contribution in [3.8, 4) is 0 Å². The number of likely N-dealkylation sites (N-methyl/N-ethyl adjacent to an activating group) is 1. The summed E-state index contributed by atoms with van der Waals surface area (Å²) in [4.78, 5) is 14.9. The fraction of sp³-hybridized carbons (Fsp3) is 0.400. The van der Waals surface area contributed by atoms with Gasteiger partial charge in [0.1, 0.15) is 0 Å². The molecule has 4 nitrogen and oxygen atoms in total. The van der Waals surface area contributed by atoms with Crippen molar-refractivity contribution in [2.75, 3.05) is 13.6 Å². The van der Waals surface area contributed by atoms with Gasteiger partial charge in [0.25, 0.3) is 0 Å². The van der Waals surface area contributed by atoms with Gasteiger partial charge in [-0.15, -0.1) is 0 Å². The van der Waals surface area contributed by atoms with Crippen molar-refractivity contribution in [1.29, 1.82) is 0 Å². The summed E-state index contributed by atoms with van der Waals surface area (Å²) in [6.45, 7) is 2.35. The van der Waals surface area contributed by atoms with Gasteiger partial charge in [-0.1, -0.05) is 0 Å². The third-order valence-electron chi connectivity index (χ3n) is 2.05. The summed E-state index contributed by atoms with van der Waals surface area (Å²) >= 11 is 0. The zero-order valence-corrected chi connectivity index (χ0v) is 8.45. The Labute approximate surface area is 83.7 Å². The Balaban J connectivity index is 2.43. The van der Waals surface area contributed by atoms with Gasteiger partial charge in [-0.3, -0.25) is 9.78 Å². The van der Waals surface area contributed by atoms with Crippen molar-refractivity contribution >= 4 is 5.91 Å². The highest BCUT2D eigenvalue weighted by Crippen LogP contribution is 2.08. The number of aromatic nitrogens is 1. The molecule has 2 N–H and O–H groups in total. The molecule has 1 amide bonds. The normalized spacial score (nSPS) is 12.1. The predicted molar refractivity (Wildman–Crippen MR) is 54.7 cm³/mol. The Morgan fingerprint density at radius 2 is 2.14 bits per heavy atom. The van der Waals surface area contributed by atoms with Crippen molar-refractivity contribution in [2.45, 2.75) is 13.0 Å². The van der Waals surface area contributed by atoms with Gasteiger partial charge < -0.3 is 10.6 Å². The van der Waals surface area contributed by atoms with Crippen LogP contribution in [-0.2, 0) is 4.79 Å². The molecular formula is C10H15N3O. The number of amides is 1. The van der Waals surface area contributed by atoms with Gasteiger partial charge in [0.05, 0.1) is 6.54 Å². The minimum absolute atomic E-state index is 0.00842. The van der Waals surface area contributed by atoms with E-state index in [1.807, 2.05) is 19.1 Å². The molecule has 0 aliphatic heterocycles. The number of hydrogen-bond donors (Lipinski definition) is 2. The molecule has 1 heterocycles. The van der Waals surface area contributed by atoms with E-state index < -0.39 is 0 Å². The van der Waals surface area contributed by atoms with Gasteiger partial charge >= 0.3 is 0 Å². The summed E-state index contributed by atoms with van der Waals surface area (Å²) in [5.41, 5.74) is 1.13. The first-order valence-electron chi connectivity index (χ1n) is 4.58. The van der Waals surface area contributed by atoms with Crippen molar-refractivity contribution in [3.05, 3.63) is 30.1 Å². The SMILES string of the molecule is CNC(=O)CN[C@@H](C)c1ccncc1. The van der Waals surface area contributed by atoms with E-state index >= 15 is 0 Å². The zero-order valence-electron chi connectivity index (χ0n) is 8.45. The van der Waals surface area contributed by atoms with Crippen LogP contribution in [0, 0.1) is 0 Å². The largest absolute Gasteiger partial charge is 0.358 e. The molecule has 0 aliphatic rings. The molecule has 0 saturated carbocycles. The number of hydrogen-bond acceptors (Lipinski definition) is 3. The Bertz CT molecular complexity index is 287.